The molecule has 4 heteroatoms. The van der Waals surface area contributed by atoms with Gasteiger partial charge >= 0.3 is 0 Å². The van der Waals surface area contributed by atoms with Crippen molar-refractivity contribution in [3.63, 3.8) is 0 Å². The predicted molar refractivity (Wildman–Crippen MR) is 51.2 cm³/mol. The van der Waals surface area contributed by atoms with Crippen LogP contribution in [-0.2, 0) is 4.74 Å². The number of hydrogen-bond donors (Lipinski definition) is 2. The third kappa shape index (κ3) is 3.23. The molecule has 0 spiro atoms. The molecule has 0 aromatic heterocycles. The molecule has 0 aromatic carbocycles. The van der Waals surface area contributed by atoms with Gasteiger partial charge in [-0.05, 0) is 25.3 Å². The summed E-state index contributed by atoms with van der Waals surface area (Å²) in [6.45, 7) is 3.04. The second kappa shape index (κ2) is 5.54. The number of aliphatic hydroxyl groups excluding tert-OH is 1. The van der Waals surface area contributed by atoms with Gasteiger partial charge in [-0.2, -0.15) is 0 Å². The fraction of sp³-hybridized carbons (Fsp3) is 1.00. The molecule has 0 aromatic rings. The molecule has 1 aliphatic rings. The van der Waals surface area contributed by atoms with E-state index in [0.717, 1.165) is 32.5 Å². The average molecular weight is 188 g/mol. The minimum absolute atomic E-state index is 0.396. The Kier molecular flexibility index (Phi) is 4.66. The number of rotatable bonds is 4. The van der Waals surface area contributed by atoms with Gasteiger partial charge in [0.2, 0.25) is 0 Å². The molecule has 1 unspecified atom stereocenters. The van der Waals surface area contributed by atoms with Gasteiger partial charge in [0.1, 0.15) is 6.23 Å². The summed E-state index contributed by atoms with van der Waals surface area (Å²) in [4.78, 5) is 2.05. The van der Waals surface area contributed by atoms with Crippen LogP contribution in [0.15, 0.2) is 0 Å². The number of hydrogen-bond acceptors (Lipinski definition) is 4. The molecule has 1 atom stereocenters. The number of nitrogens with zero attached hydrogens (tertiary/aromatic N) is 1. The molecule has 1 saturated heterocycles. The Bertz CT molecular complexity index is 136. The molecule has 78 valence electrons. The van der Waals surface area contributed by atoms with Crippen molar-refractivity contribution in [3.05, 3.63) is 0 Å². The van der Waals surface area contributed by atoms with E-state index in [-0.39, 0.29) is 0 Å². The Hall–Kier alpha value is -0.160. The highest BCUT2D eigenvalue weighted by molar-refractivity contribution is 4.74. The summed E-state index contributed by atoms with van der Waals surface area (Å²) >= 11 is 0. The lowest BCUT2D eigenvalue weighted by molar-refractivity contribution is -0.0595. The molecule has 4 nitrogen and oxygen atoms in total. The molecule has 0 bridgehead atoms. The highest BCUT2D eigenvalue weighted by Crippen LogP contribution is 2.16. The van der Waals surface area contributed by atoms with E-state index in [0.29, 0.717) is 12.5 Å². The van der Waals surface area contributed by atoms with E-state index >= 15 is 0 Å². The van der Waals surface area contributed by atoms with E-state index in [4.69, 9.17) is 10.5 Å². The molecule has 0 amide bonds. The molecular formula is C9H20N2O2. The van der Waals surface area contributed by atoms with Crippen molar-refractivity contribution in [1.82, 2.24) is 4.90 Å². The molecule has 1 rings (SSSR count). The highest BCUT2D eigenvalue weighted by Gasteiger charge is 2.22. The molecule has 13 heavy (non-hydrogen) atoms. The van der Waals surface area contributed by atoms with Crippen molar-refractivity contribution in [3.8, 4) is 0 Å². The third-order valence-electron chi connectivity index (χ3n) is 2.72. The lowest BCUT2D eigenvalue weighted by atomic mass is 9.97. The van der Waals surface area contributed by atoms with Gasteiger partial charge in [-0.25, -0.2) is 0 Å². The molecule has 1 heterocycles. The summed E-state index contributed by atoms with van der Waals surface area (Å²) in [7, 11) is 1.61. The van der Waals surface area contributed by atoms with Gasteiger partial charge in [0.25, 0.3) is 0 Å². The predicted octanol–water partition coefficient (Wildman–Crippen LogP) is -0.378. The van der Waals surface area contributed by atoms with Crippen molar-refractivity contribution in [2.75, 3.05) is 33.4 Å². The van der Waals surface area contributed by atoms with Crippen LogP contribution >= 0.6 is 0 Å². The van der Waals surface area contributed by atoms with Crippen LogP contribution in [0.3, 0.4) is 0 Å². The van der Waals surface area contributed by atoms with E-state index in [9.17, 15) is 5.11 Å². The summed E-state index contributed by atoms with van der Waals surface area (Å²) in [6, 6.07) is 0. The second-order valence-electron chi connectivity index (χ2n) is 3.65. The number of nitrogens with two attached hydrogens (primary N) is 1. The first-order valence-electron chi connectivity index (χ1n) is 4.89. The van der Waals surface area contributed by atoms with Crippen LogP contribution < -0.4 is 5.73 Å². The smallest absolute Gasteiger partial charge is 0.130 e. The molecule has 0 saturated carbocycles. The summed E-state index contributed by atoms with van der Waals surface area (Å²) in [5.41, 5.74) is 5.58. The van der Waals surface area contributed by atoms with Crippen LogP contribution in [0.4, 0.5) is 0 Å². The van der Waals surface area contributed by atoms with E-state index in [1.807, 2.05) is 0 Å². The number of likely N-dealkylation sites (tertiary alicyclic amines) is 1. The SMILES string of the molecule is COCC(O)N1CCC(CN)CC1. The molecule has 1 fully saturated rings. The lowest BCUT2D eigenvalue weighted by Gasteiger charge is -2.34. The number of piperidine rings is 1. The first-order chi connectivity index (χ1) is 6.27. The Morgan fingerprint density at radius 2 is 2.15 bits per heavy atom. The molecule has 1 aliphatic heterocycles. The van der Waals surface area contributed by atoms with E-state index in [2.05, 4.69) is 4.90 Å². The summed E-state index contributed by atoms with van der Waals surface area (Å²) in [5.74, 6) is 0.644. The quantitative estimate of drug-likeness (QED) is 0.631. The standard InChI is InChI=1S/C9H20N2O2/c1-13-7-9(12)11-4-2-8(6-10)3-5-11/h8-9,12H,2-7,10H2,1H3. The minimum Gasteiger partial charge on any atom is -0.381 e. The van der Waals surface area contributed by atoms with E-state index < -0.39 is 6.23 Å². The fourth-order valence-corrected chi connectivity index (χ4v) is 1.74. The van der Waals surface area contributed by atoms with Gasteiger partial charge in [0, 0.05) is 20.2 Å². The van der Waals surface area contributed by atoms with Crippen molar-refractivity contribution in [2.45, 2.75) is 19.1 Å². The maximum atomic E-state index is 9.60. The van der Waals surface area contributed by atoms with Crippen molar-refractivity contribution in [2.24, 2.45) is 11.7 Å². The van der Waals surface area contributed by atoms with Gasteiger partial charge in [-0.3, -0.25) is 4.90 Å². The van der Waals surface area contributed by atoms with Crippen LogP contribution in [0.25, 0.3) is 0 Å². The normalized spacial score (nSPS) is 23.3. The fourth-order valence-electron chi connectivity index (χ4n) is 1.74. The van der Waals surface area contributed by atoms with Crippen LogP contribution in [0.2, 0.25) is 0 Å². The van der Waals surface area contributed by atoms with Crippen LogP contribution in [-0.4, -0.2) is 49.6 Å². The number of ether oxygens (including phenoxy) is 1. The van der Waals surface area contributed by atoms with Gasteiger partial charge in [-0.15, -0.1) is 0 Å². The van der Waals surface area contributed by atoms with Crippen LogP contribution in [0, 0.1) is 5.92 Å². The van der Waals surface area contributed by atoms with Crippen molar-refractivity contribution < 1.29 is 9.84 Å². The Labute approximate surface area is 79.7 Å². The Balaban J connectivity index is 2.23. The number of methoxy groups -OCH3 is 1. The van der Waals surface area contributed by atoms with Crippen LogP contribution in [0.1, 0.15) is 12.8 Å². The van der Waals surface area contributed by atoms with Gasteiger partial charge in [0.05, 0.1) is 6.61 Å². The van der Waals surface area contributed by atoms with Gasteiger partial charge in [0.15, 0.2) is 0 Å². The third-order valence-corrected chi connectivity index (χ3v) is 2.72. The summed E-state index contributed by atoms with van der Waals surface area (Å²) < 4.78 is 4.89. The zero-order chi connectivity index (χ0) is 9.68. The van der Waals surface area contributed by atoms with Crippen molar-refractivity contribution >= 4 is 0 Å². The molecule has 0 aliphatic carbocycles. The zero-order valence-corrected chi connectivity index (χ0v) is 8.28. The first kappa shape index (κ1) is 10.9. The monoisotopic (exact) mass is 188 g/mol. The maximum absolute atomic E-state index is 9.60. The topological polar surface area (TPSA) is 58.7 Å². The maximum Gasteiger partial charge on any atom is 0.130 e. The Morgan fingerprint density at radius 1 is 1.54 bits per heavy atom. The second-order valence-corrected chi connectivity index (χ2v) is 3.65. The summed E-state index contributed by atoms with van der Waals surface area (Å²) in [6.07, 6.45) is 1.75. The van der Waals surface area contributed by atoms with Gasteiger partial charge in [-0.1, -0.05) is 0 Å². The highest BCUT2D eigenvalue weighted by atomic mass is 16.5. The number of aliphatic hydroxyl groups is 1. The Morgan fingerprint density at radius 3 is 2.62 bits per heavy atom. The lowest BCUT2D eigenvalue weighted by Crippen LogP contribution is -2.44. The zero-order valence-electron chi connectivity index (χ0n) is 8.28. The summed E-state index contributed by atoms with van der Waals surface area (Å²) in [5, 5.41) is 9.60. The minimum atomic E-state index is -0.441. The van der Waals surface area contributed by atoms with Crippen LogP contribution in [0.5, 0.6) is 0 Å². The molecule has 0 radical (unpaired) electrons. The van der Waals surface area contributed by atoms with Gasteiger partial charge < -0.3 is 15.6 Å². The largest absolute Gasteiger partial charge is 0.381 e. The average Bonchev–Trinajstić information content (AvgIpc) is 2.18. The molecular weight excluding hydrogens is 168 g/mol. The first-order valence-corrected chi connectivity index (χ1v) is 4.89. The molecule has 3 N–H and O–H groups in total. The van der Waals surface area contributed by atoms with E-state index in [1.165, 1.54) is 0 Å². The van der Waals surface area contributed by atoms with Crippen molar-refractivity contribution in [1.29, 1.82) is 0 Å². The van der Waals surface area contributed by atoms with E-state index in [1.54, 1.807) is 7.11 Å².